The van der Waals surface area contributed by atoms with E-state index >= 15 is 0 Å². The Morgan fingerprint density at radius 1 is 1.23 bits per heavy atom. The lowest BCUT2D eigenvalue weighted by Gasteiger charge is -2.27. The van der Waals surface area contributed by atoms with Gasteiger partial charge >= 0.3 is 0 Å². The zero-order valence-electron chi connectivity index (χ0n) is 17.2. The van der Waals surface area contributed by atoms with Gasteiger partial charge in [-0.3, -0.25) is 9.59 Å². The number of Topliss-reactive ketones (excluding diaryl/α,β-unsaturated/α-hetero) is 1. The predicted molar refractivity (Wildman–Crippen MR) is 113 cm³/mol. The summed E-state index contributed by atoms with van der Waals surface area (Å²) in [5, 5.41) is 1.27. The Morgan fingerprint density at radius 3 is 2.63 bits per heavy atom. The average molecular weight is 437 g/mol. The van der Waals surface area contributed by atoms with Gasteiger partial charge in [-0.2, -0.15) is 0 Å². The first kappa shape index (κ1) is 21.3. The van der Waals surface area contributed by atoms with Gasteiger partial charge in [-0.1, -0.05) is 17.7 Å². The second-order valence-corrected chi connectivity index (χ2v) is 9.19. The summed E-state index contributed by atoms with van der Waals surface area (Å²) in [6.07, 6.45) is 4.96. The molecule has 0 spiro atoms. The van der Waals surface area contributed by atoms with E-state index in [0.717, 1.165) is 17.3 Å². The molecule has 1 saturated heterocycles. The van der Waals surface area contributed by atoms with Gasteiger partial charge in [0.2, 0.25) is 11.8 Å². The summed E-state index contributed by atoms with van der Waals surface area (Å²) in [7, 11) is 1.82. The quantitative estimate of drug-likeness (QED) is 0.545. The molecule has 2 aliphatic rings. The van der Waals surface area contributed by atoms with E-state index in [9.17, 15) is 18.4 Å². The fraction of sp³-hybridized carbons (Fsp3) is 0.565. The zero-order chi connectivity index (χ0) is 21.5. The fourth-order valence-electron chi connectivity index (χ4n) is 4.83. The maximum Gasteiger partial charge on any atom is 0.248 e. The number of ketones is 1. The smallest absolute Gasteiger partial charge is 0.248 e. The van der Waals surface area contributed by atoms with E-state index in [1.54, 1.807) is 11.0 Å². The molecule has 1 aromatic carbocycles. The average Bonchev–Trinajstić information content (AvgIpc) is 3.23. The lowest BCUT2D eigenvalue weighted by molar-refractivity contribution is -0.127. The Labute approximate surface area is 180 Å². The van der Waals surface area contributed by atoms with Crippen LogP contribution in [0.4, 0.5) is 8.78 Å². The number of alkyl halides is 2. The Bertz CT molecular complexity index is 962. The number of hydrogen-bond donors (Lipinski definition) is 0. The molecular formula is C23H27ClF2N2O2. The Balaban J connectivity index is 1.52. The minimum absolute atomic E-state index is 0.0000339. The van der Waals surface area contributed by atoms with Crippen LogP contribution in [0.25, 0.3) is 10.9 Å². The van der Waals surface area contributed by atoms with Gasteiger partial charge in [-0.05, 0) is 43.7 Å². The number of aromatic nitrogens is 1. The number of hydrogen-bond acceptors (Lipinski definition) is 2. The van der Waals surface area contributed by atoms with Crippen molar-refractivity contribution in [2.75, 3.05) is 7.05 Å². The minimum atomic E-state index is -2.55. The van der Waals surface area contributed by atoms with Gasteiger partial charge in [-0.25, -0.2) is 8.78 Å². The van der Waals surface area contributed by atoms with Crippen LogP contribution in [0.3, 0.4) is 0 Å². The number of rotatable bonds is 6. The molecule has 7 heteroatoms. The van der Waals surface area contributed by atoms with Crippen LogP contribution in [0.2, 0.25) is 5.02 Å². The Kier molecular flexibility index (Phi) is 5.88. The van der Waals surface area contributed by atoms with Crippen molar-refractivity contribution in [2.45, 2.75) is 69.9 Å². The first-order valence-electron chi connectivity index (χ1n) is 10.7. The number of likely N-dealkylation sites (N-methyl/N-ethyl adjacent to an activating group) is 1. The topological polar surface area (TPSA) is 42.3 Å². The first-order valence-corrected chi connectivity index (χ1v) is 11.1. The molecule has 0 radical (unpaired) electrons. The number of carbonyl (C=O) groups is 2. The zero-order valence-corrected chi connectivity index (χ0v) is 17.9. The molecule has 162 valence electrons. The van der Waals surface area contributed by atoms with E-state index in [1.807, 2.05) is 29.9 Å². The first-order chi connectivity index (χ1) is 14.2. The van der Waals surface area contributed by atoms with E-state index in [0.29, 0.717) is 49.2 Å². The number of halogens is 3. The van der Waals surface area contributed by atoms with Crippen molar-refractivity contribution in [3.05, 3.63) is 35.0 Å². The van der Waals surface area contributed by atoms with E-state index in [2.05, 4.69) is 0 Å². The van der Waals surface area contributed by atoms with E-state index in [1.165, 1.54) is 0 Å². The van der Waals surface area contributed by atoms with Gasteiger partial charge in [0.1, 0.15) is 0 Å². The van der Waals surface area contributed by atoms with Crippen LogP contribution in [0, 0.1) is 5.92 Å². The highest BCUT2D eigenvalue weighted by Gasteiger charge is 2.35. The molecule has 2 fully saturated rings. The third-order valence-electron chi connectivity index (χ3n) is 6.81. The normalized spacial score (nSPS) is 22.2. The molecular weight excluding hydrogens is 410 g/mol. The number of likely N-dealkylation sites (tertiary alicyclic amines) is 1. The number of carbonyl (C=O) groups excluding carboxylic acids is 2. The van der Waals surface area contributed by atoms with Crippen molar-refractivity contribution < 1.29 is 18.4 Å². The van der Waals surface area contributed by atoms with E-state index < -0.39 is 5.92 Å². The Hall–Kier alpha value is -1.95. The van der Waals surface area contributed by atoms with Crippen LogP contribution in [-0.4, -0.2) is 40.2 Å². The molecule has 0 bridgehead atoms. The summed E-state index contributed by atoms with van der Waals surface area (Å²) in [6.45, 7) is 0.615. The summed E-state index contributed by atoms with van der Waals surface area (Å²) < 4.78 is 28.8. The molecule has 30 heavy (non-hydrogen) atoms. The van der Waals surface area contributed by atoms with Crippen molar-refractivity contribution >= 4 is 34.2 Å². The summed E-state index contributed by atoms with van der Waals surface area (Å²) in [5.74, 6) is -2.23. The summed E-state index contributed by atoms with van der Waals surface area (Å²) >= 11 is 6.45. The van der Waals surface area contributed by atoms with Crippen LogP contribution >= 0.6 is 11.6 Å². The number of amides is 1. The summed E-state index contributed by atoms with van der Waals surface area (Å²) in [6, 6.07) is 5.68. The van der Waals surface area contributed by atoms with Gasteiger partial charge in [0, 0.05) is 62.5 Å². The molecule has 4 rings (SSSR count). The molecule has 0 N–H and O–H groups in total. The van der Waals surface area contributed by atoms with E-state index in [-0.39, 0.29) is 36.5 Å². The summed E-state index contributed by atoms with van der Waals surface area (Å²) in [5.41, 5.74) is 1.47. The van der Waals surface area contributed by atoms with E-state index in [4.69, 9.17) is 11.6 Å². The molecule has 2 aromatic rings. The van der Waals surface area contributed by atoms with Crippen molar-refractivity contribution in [3.8, 4) is 0 Å². The van der Waals surface area contributed by atoms with Crippen LogP contribution in [0.15, 0.2) is 24.4 Å². The highest BCUT2D eigenvalue weighted by atomic mass is 35.5. The maximum atomic E-state index is 13.4. The van der Waals surface area contributed by atoms with Crippen LogP contribution < -0.4 is 0 Å². The van der Waals surface area contributed by atoms with Crippen molar-refractivity contribution in [1.82, 2.24) is 9.47 Å². The lowest BCUT2D eigenvalue weighted by atomic mass is 9.83. The molecule has 1 aliphatic heterocycles. The molecule has 0 unspecified atom stereocenters. The van der Waals surface area contributed by atoms with Crippen molar-refractivity contribution in [3.63, 3.8) is 0 Å². The van der Waals surface area contributed by atoms with Crippen molar-refractivity contribution in [1.29, 1.82) is 0 Å². The van der Waals surface area contributed by atoms with Gasteiger partial charge in [-0.15, -0.1) is 0 Å². The third kappa shape index (κ3) is 4.25. The largest absolute Gasteiger partial charge is 0.345 e. The van der Waals surface area contributed by atoms with Crippen LogP contribution in [0.1, 0.15) is 61.7 Å². The minimum Gasteiger partial charge on any atom is -0.345 e. The molecule has 1 aromatic heterocycles. The molecule has 1 aliphatic carbocycles. The molecule has 2 heterocycles. The maximum absolute atomic E-state index is 13.4. The van der Waals surface area contributed by atoms with Gasteiger partial charge in [0.25, 0.3) is 0 Å². The monoisotopic (exact) mass is 436 g/mol. The van der Waals surface area contributed by atoms with Gasteiger partial charge in [0.05, 0.1) is 10.5 Å². The predicted octanol–water partition coefficient (Wildman–Crippen LogP) is 5.70. The summed E-state index contributed by atoms with van der Waals surface area (Å²) in [4.78, 5) is 26.7. The van der Waals surface area contributed by atoms with Crippen molar-refractivity contribution in [2.24, 2.45) is 5.92 Å². The number of fused-ring (bicyclic) bond motifs is 1. The second-order valence-electron chi connectivity index (χ2n) is 8.79. The fourth-order valence-corrected chi connectivity index (χ4v) is 5.11. The second kappa shape index (κ2) is 8.29. The van der Waals surface area contributed by atoms with Gasteiger partial charge < -0.3 is 9.47 Å². The Morgan fingerprint density at radius 2 is 1.97 bits per heavy atom. The van der Waals surface area contributed by atoms with Crippen LogP contribution in [-0.2, 0) is 11.3 Å². The molecule has 1 saturated carbocycles. The van der Waals surface area contributed by atoms with Crippen LogP contribution in [0.5, 0.6) is 0 Å². The number of nitrogens with zero attached hydrogens (tertiary/aromatic N) is 2. The number of benzene rings is 1. The SMILES string of the molecule is CN1C(=O)CC[C@@H]1Cn1cc(C(=O)CCC2CCC(F)(F)CC2)c2c(Cl)cccc21. The molecule has 1 atom stereocenters. The lowest BCUT2D eigenvalue weighted by Crippen LogP contribution is -2.32. The van der Waals surface area contributed by atoms with Gasteiger partial charge in [0.15, 0.2) is 5.78 Å². The molecule has 1 amide bonds. The molecule has 4 nitrogen and oxygen atoms in total. The third-order valence-corrected chi connectivity index (χ3v) is 7.13. The highest BCUT2D eigenvalue weighted by molar-refractivity contribution is 6.37. The standard InChI is InChI=1S/C23H27ClF2N2O2/c1-27-16(6-8-21(27)30)13-28-14-17(22-18(24)3-2-4-19(22)28)20(29)7-5-15-9-11-23(25,26)12-10-15/h2-4,14-16H,5-13H2,1H3/t16-/m1/s1. The highest BCUT2D eigenvalue weighted by Crippen LogP contribution is 2.38.